The lowest BCUT2D eigenvalue weighted by Gasteiger charge is -2.20. The van der Waals surface area contributed by atoms with Crippen molar-refractivity contribution in [3.63, 3.8) is 0 Å². The van der Waals surface area contributed by atoms with E-state index in [-0.39, 0.29) is 110 Å². The number of hydrogen-bond donors (Lipinski definition) is 5. The molecule has 0 heterocycles. The van der Waals surface area contributed by atoms with Gasteiger partial charge in [-0.1, -0.05) is 0 Å². The molecule has 0 unspecified atom stereocenters. The van der Waals surface area contributed by atoms with Crippen LogP contribution in [0.25, 0.3) is 0 Å². The van der Waals surface area contributed by atoms with E-state index in [1.165, 1.54) is 0 Å². The summed E-state index contributed by atoms with van der Waals surface area (Å²) in [7, 11) is 0. The lowest BCUT2D eigenvalue weighted by atomic mass is 10.2. The smallest absolute Gasteiger partial charge is 0.407 e. The van der Waals surface area contributed by atoms with Crippen molar-refractivity contribution >= 4 is 30.0 Å². The van der Waals surface area contributed by atoms with E-state index in [0.29, 0.717) is 0 Å². The summed E-state index contributed by atoms with van der Waals surface area (Å²) in [4.78, 5) is 59.7. The molecule has 0 atom stereocenters. The van der Waals surface area contributed by atoms with Gasteiger partial charge >= 0.3 is 18.2 Å². The van der Waals surface area contributed by atoms with Crippen molar-refractivity contribution in [1.82, 2.24) is 26.2 Å². The zero-order valence-electron chi connectivity index (χ0n) is 27.5. The van der Waals surface area contributed by atoms with Crippen molar-refractivity contribution in [1.29, 1.82) is 0 Å². The minimum absolute atomic E-state index is 0.175. The fraction of sp³-hybridized carbons (Fsp3) is 0.821. The number of hydrogen-bond acceptors (Lipinski definition) is 12. The van der Waals surface area contributed by atoms with Crippen LogP contribution in [-0.4, -0.2) is 150 Å². The number of aliphatic carboxylic acids is 1. The third-order valence-corrected chi connectivity index (χ3v) is 4.90. The summed E-state index contributed by atoms with van der Waals surface area (Å²) in [6.07, 6.45) is -1.06. The third kappa shape index (κ3) is 30.6. The first-order valence-corrected chi connectivity index (χ1v) is 14.8. The van der Waals surface area contributed by atoms with Gasteiger partial charge in [0.2, 0.25) is 11.8 Å². The Bertz CT molecular complexity index is 815. The summed E-state index contributed by atoms with van der Waals surface area (Å²) in [5.74, 6) is -1.78. The van der Waals surface area contributed by atoms with Crippen molar-refractivity contribution in [3.8, 4) is 0 Å². The normalized spacial score (nSPS) is 11.5. The van der Waals surface area contributed by atoms with Crippen molar-refractivity contribution in [2.45, 2.75) is 52.7 Å². The second-order valence-corrected chi connectivity index (χ2v) is 11.6. The fourth-order valence-corrected chi connectivity index (χ4v) is 3.12. The SMILES string of the molecule is CC(C)(C)OC(=O)NCCOCCOCC(=O)NCCN(CCNC(=O)COCCOCCNC(=O)OC(C)(C)C)CC(=O)O. The Hall–Kier alpha value is -3.25. The maximum Gasteiger partial charge on any atom is 0.407 e. The summed E-state index contributed by atoms with van der Waals surface area (Å²) in [6, 6.07) is 0. The highest BCUT2D eigenvalue weighted by Gasteiger charge is 2.16. The molecule has 4 amide bonds. The van der Waals surface area contributed by atoms with Crippen molar-refractivity contribution in [3.05, 3.63) is 0 Å². The topological polar surface area (TPSA) is 212 Å². The van der Waals surface area contributed by atoms with Crippen LogP contribution in [0.4, 0.5) is 9.59 Å². The fourth-order valence-electron chi connectivity index (χ4n) is 3.12. The molecule has 0 fully saturated rings. The van der Waals surface area contributed by atoms with Crippen molar-refractivity contribution in [2.75, 3.05) is 98.7 Å². The van der Waals surface area contributed by atoms with Crippen LogP contribution in [0.1, 0.15) is 41.5 Å². The van der Waals surface area contributed by atoms with Crippen LogP contribution in [0.5, 0.6) is 0 Å². The zero-order valence-corrected chi connectivity index (χ0v) is 27.5. The van der Waals surface area contributed by atoms with E-state index >= 15 is 0 Å². The Morgan fingerprint density at radius 3 is 1.29 bits per heavy atom. The molecule has 262 valence electrons. The van der Waals surface area contributed by atoms with E-state index in [2.05, 4.69) is 21.3 Å². The van der Waals surface area contributed by atoms with Crippen molar-refractivity contribution < 1.29 is 57.5 Å². The number of carbonyl (C=O) groups is 5. The molecule has 0 aromatic rings. The standard InChI is InChI=1S/C28H53N5O12/c1-27(2,3)44-25(38)31-9-13-40-15-17-42-20-22(34)29-7-11-33(19-24(36)37)12-8-30-23(35)21-43-18-16-41-14-10-32-26(39)45-28(4,5)6/h7-21H2,1-6H3,(H,29,34)(H,30,35)(H,31,38)(H,32,39)(H,36,37). The van der Waals surface area contributed by atoms with E-state index in [1.54, 1.807) is 46.4 Å². The Labute approximate surface area is 265 Å². The predicted molar refractivity (Wildman–Crippen MR) is 162 cm³/mol. The summed E-state index contributed by atoms with van der Waals surface area (Å²) in [5.41, 5.74) is -1.15. The predicted octanol–water partition coefficient (Wildman–Crippen LogP) is -0.279. The van der Waals surface area contributed by atoms with Crippen LogP contribution in [0, 0.1) is 0 Å². The Morgan fingerprint density at radius 2 is 0.933 bits per heavy atom. The number of ether oxygens (including phenoxy) is 6. The molecule has 0 bridgehead atoms. The van der Waals surface area contributed by atoms with Crippen molar-refractivity contribution in [2.24, 2.45) is 0 Å². The molecular weight excluding hydrogens is 598 g/mol. The molecule has 0 spiro atoms. The van der Waals surface area contributed by atoms with Gasteiger partial charge in [-0.05, 0) is 41.5 Å². The van der Waals surface area contributed by atoms with Gasteiger partial charge in [-0.3, -0.25) is 19.3 Å². The number of carboxylic acid groups (broad SMARTS) is 1. The lowest BCUT2D eigenvalue weighted by molar-refractivity contribution is -0.138. The quantitative estimate of drug-likeness (QED) is 0.0851. The first kappa shape index (κ1) is 41.8. The number of carbonyl (C=O) groups excluding carboxylic acids is 4. The molecule has 0 aliphatic rings. The molecule has 0 rings (SSSR count). The summed E-state index contributed by atoms with van der Waals surface area (Å²) < 4.78 is 31.3. The van der Waals surface area contributed by atoms with Gasteiger partial charge in [0.15, 0.2) is 0 Å². The van der Waals surface area contributed by atoms with Gasteiger partial charge in [0.1, 0.15) is 24.4 Å². The number of amides is 4. The molecule has 17 heteroatoms. The molecule has 0 aromatic heterocycles. The number of rotatable bonds is 24. The first-order valence-electron chi connectivity index (χ1n) is 14.8. The molecule has 0 saturated heterocycles. The zero-order chi connectivity index (χ0) is 34.1. The van der Waals surface area contributed by atoms with Crippen LogP contribution in [0.15, 0.2) is 0 Å². The molecule has 0 aliphatic carbocycles. The second kappa shape index (κ2) is 24.0. The minimum Gasteiger partial charge on any atom is -0.480 e. The van der Waals surface area contributed by atoms with Crippen LogP contribution >= 0.6 is 0 Å². The molecular formula is C28H53N5O12. The number of alkyl carbamates (subject to hydrolysis) is 2. The largest absolute Gasteiger partial charge is 0.480 e. The Kier molecular flexibility index (Phi) is 22.3. The highest BCUT2D eigenvalue weighted by Crippen LogP contribution is 2.06. The van der Waals surface area contributed by atoms with Gasteiger partial charge in [0.25, 0.3) is 0 Å². The van der Waals surface area contributed by atoms with Gasteiger partial charge in [-0.2, -0.15) is 0 Å². The van der Waals surface area contributed by atoms with Crippen LogP contribution in [-0.2, 0) is 42.8 Å². The molecule has 45 heavy (non-hydrogen) atoms. The Morgan fingerprint density at radius 1 is 0.556 bits per heavy atom. The molecule has 0 aromatic carbocycles. The maximum absolute atomic E-state index is 12.0. The van der Waals surface area contributed by atoms with Gasteiger partial charge < -0.3 is 54.8 Å². The van der Waals surface area contributed by atoms with E-state index in [9.17, 15) is 24.0 Å². The van der Waals surface area contributed by atoms with Crippen LogP contribution in [0.3, 0.4) is 0 Å². The molecule has 0 saturated carbocycles. The number of nitrogens with zero attached hydrogens (tertiary/aromatic N) is 1. The highest BCUT2D eigenvalue weighted by molar-refractivity contribution is 5.77. The van der Waals surface area contributed by atoms with E-state index in [0.717, 1.165) is 0 Å². The third-order valence-electron chi connectivity index (χ3n) is 4.90. The first-order chi connectivity index (χ1) is 21.1. The molecule has 17 nitrogen and oxygen atoms in total. The minimum atomic E-state index is -1.04. The van der Waals surface area contributed by atoms with E-state index in [1.807, 2.05) is 0 Å². The summed E-state index contributed by atoms with van der Waals surface area (Å²) in [5, 5.41) is 19.6. The molecule has 0 aliphatic heterocycles. The average Bonchev–Trinajstić information content (AvgIpc) is 2.89. The second-order valence-electron chi connectivity index (χ2n) is 11.6. The van der Waals surface area contributed by atoms with E-state index in [4.69, 9.17) is 33.5 Å². The lowest BCUT2D eigenvalue weighted by Crippen LogP contribution is -2.42. The van der Waals surface area contributed by atoms with Gasteiger partial charge in [0.05, 0.1) is 46.2 Å². The number of carboxylic acids is 1. The average molecular weight is 652 g/mol. The van der Waals surface area contributed by atoms with Gasteiger partial charge in [0, 0.05) is 39.3 Å². The summed E-state index contributed by atoms with van der Waals surface area (Å²) in [6.45, 7) is 12.7. The highest BCUT2D eigenvalue weighted by atomic mass is 16.6. The van der Waals surface area contributed by atoms with Gasteiger partial charge in [-0.15, -0.1) is 0 Å². The summed E-state index contributed by atoms with van der Waals surface area (Å²) >= 11 is 0. The number of nitrogens with one attached hydrogen (secondary N) is 4. The Balaban J connectivity index is 3.88. The van der Waals surface area contributed by atoms with Crippen LogP contribution < -0.4 is 21.3 Å². The maximum atomic E-state index is 12.0. The monoisotopic (exact) mass is 651 g/mol. The molecule has 5 N–H and O–H groups in total. The molecule has 0 radical (unpaired) electrons. The van der Waals surface area contributed by atoms with Gasteiger partial charge in [-0.25, -0.2) is 9.59 Å². The van der Waals surface area contributed by atoms with Crippen LogP contribution in [0.2, 0.25) is 0 Å². The van der Waals surface area contributed by atoms with E-state index < -0.39 is 29.4 Å².